The molecule has 0 fully saturated rings. The smallest absolute Gasteiger partial charge is 0.262 e. The van der Waals surface area contributed by atoms with Gasteiger partial charge < -0.3 is 4.42 Å². The largest absolute Gasteiger partial charge is 0.454 e. The molecule has 0 unspecified atom stereocenters. The van der Waals surface area contributed by atoms with Crippen LogP contribution < -0.4 is 4.72 Å². The second kappa shape index (κ2) is 7.33. The zero-order valence-corrected chi connectivity index (χ0v) is 18.4. The third kappa shape index (κ3) is 3.85. The van der Waals surface area contributed by atoms with Gasteiger partial charge in [-0.25, -0.2) is 8.42 Å². The summed E-state index contributed by atoms with van der Waals surface area (Å²) in [6, 6.07) is 22.3. The minimum atomic E-state index is -3.78. The third-order valence-corrected chi connectivity index (χ3v) is 6.52. The van der Waals surface area contributed by atoms with Crippen LogP contribution in [0.4, 0.5) is 5.69 Å². The first kappa shape index (κ1) is 20.2. The molecule has 0 saturated heterocycles. The van der Waals surface area contributed by atoms with Crippen LogP contribution in [0.3, 0.4) is 0 Å². The lowest BCUT2D eigenvalue weighted by Crippen LogP contribution is -2.13. The van der Waals surface area contributed by atoms with Crippen LogP contribution >= 0.6 is 0 Å². The quantitative estimate of drug-likeness (QED) is 0.410. The van der Waals surface area contributed by atoms with Gasteiger partial charge in [-0.3, -0.25) is 4.72 Å². The summed E-state index contributed by atoms with van der Waals surface area (Å²) in [5.74, 6) is 0.507. The standard InChI is InChI=1S/C25H25NO3S/c1-17-10-13-20(14-11-17)30(27,28)26-23-21-16-19(25(2,3)4)12-15-22(21)29-24(23)18-8-6-5-7-9-18/h5-16,26H,1-4H3. The molecule has 1 heterocycles. The Morgan fingerprint density at radius 3 is 2.17 bits per heavy atom. The number of aryl methyl sites for hydroxylation is 1. The number of anilines is 1. The second-order valence-corrected chi connectivity index (χ2v) is 10.2. The molecule has 0 bridgehead atoms. The summed E-state index contributed by atoms with van der Waals surface area (Å²) in [5, 5.41) is 0.747. The fraction of sp³-hybridized carbons (Fsp3) is 0.200. The highest BCUT2D eigenvalue weighted by atomic mass is 32.2. The summed E-state index contributed by atoms with van der Waals surface area (Å²) in [7, 11) is -3.78. The first-order chi connectivity index (χ1) is 14.1. The fourth-order valence-corrected chi connectivity index (χ4v) is 4.45. The van der Waals surface area contributed by atoms with Crippen LogP contribution in [0.5, 0.6) is 0 Å². The van der Waals surface area contributed by atoms with Crippen molar-refractivity contribution < 1.29 is 12.8 Å². The lowest BCUT2D eigenvalue weighted by Gasteiger charge is -2.19. The van der Waals surface area contributed by atoms with E-state index < -0.39 is 10.0 Å². The number of nitrogens with one attached hydrogen (secondary N) is 1. The van der Waals surface area contributed by atoms with Gasteiger partial charge in [0.15, 0.2) is 5.76 Å². The third-order valence-electron chi connectivity index (χ3n) is 5.16. The Bertz CT molecular complexity index is 1300. The monoisotopic (exact) mass is 419 g/mol. The predicted molar refractivity (Wildman–Crippen MR) is 122 cm³/mol. The van der Waals surface area contributed by atoms with E-state index in [2.05, 4.69) is 25.5 Å². The molecule has 0 saturated carbocycles. The van der Waals surface area contributed by atoms with Crippen LogP contribution in [0.1, 0.15) is 31.9 Å². The molecule has 4 nitrogen and oxygen atoms in total. The number of benzene rings is 3. The average molecular weight is 420 g/mol. The molecular weight excluding hydrogens is 394 g/mol. The van der Waals surface area contributed by atoms with Crippen LogP contribution in [0, 0.1) is 6.92 Å². The van der Waals surface area contributed by atoms with Crippen LogP contribution in [0.25, 0.3) is 22.3 Å². The van der Waals surface area contributed by atoms with Gasteiger partial charge in [-0.05, 0) is 42.2 Å². The molecule has 1 aromatic heterocycles. The predicted octanol–water partition coefficient (Wildman–Crippen LogP) is 6.51. The van der Waals surface area contributed by atoms with Crippen molar-refractivity contribution in [3.63, 3.8) is 0 Å². The molecule has 0 aliphatic rings. The Morgan fingerprint density at radius 2 is 1.53 bits per heavy atom. The maximum Gasteiger partial charge on any atom is 0.262 e. The molecule has 0 radical (unpaired) electrons. The van der Waals surface area contributed by atoms with E-state index in [0.717, 1.165) is 22.1 Å². The fourth-order valence-electron chi connectivity index (χ4n) is 3.37. The van der Waals surface area contributed by atoms with Crippen molar-refractivity contribution in [2.45, 2.75) is 38.0 Å². The van der Waals surface area contributed by atoms with Crippen molar-refractivity contribution in [1.82, 2.24) is 0 Å². The topological polar surface area (TPSA) is 59.3 Å². The lowest BCUT2D eigenvalue weighted by molar-refractivity contribution is 0.590. The molecule has 3 aromatic carbocycles. The summed E-state index contributed by atoms with van der Waals surface area (Å²) in [6.45, 7) is 8.31. The molecule has 0 amide bonds. The van der Waals surface area contributed by atoms with Gasteiger partial charge in [0.1, 0.15) is 11.3 Å². The summed E-state index contributed by atoms with van der Waals surface area (Å²) >= 11 is 0. The summed E-state index contributed by atoms with van der Waals surface area (Å²) in [6.07, 6.45) is 0. The Balaban J connectivity index is 1.92. The number of furan rings is 1. The Kier molecular flexibility index (Phi) is 4.94. The minimum absolute atomic E-state index is 0.0779. The number of fused-ring (bicyclic) bond motifs is 1. The number of sulfonamides is 1. The zero-order chi connectivity index (χ0) is 21.5. The van der Waals surface area contributed by atoms with E-state index in [1.54, 1.807) is 24.3 Å². The highest BCUT2D eigenvalue weighted by Gasteiger charge is 2.24. The van der Waals surface area contributed by atoms with Gasteiger partial charge in [-0.1, -0.05) is 74.9 Å². The summed E-state index contributed by atoms with van der Waals surface area (Å²) in [4.78, 5) is 0.216. The van der Waals surface area contributed by atoms with E-state index in [1.807, 2.05) is 55.5 Å². The first-order valence-electron chi connectivity index (χ1n) is 9.87. The Labute approximate surface area is 177 Å². The van der Waals surface area contributed by atoms with Crippen molar-refractivity contribution >= 4 is 26.7 Å². The van der Waals surface area contributed by atoms with E-state index in [0.29, 0.717) is 17.0 Å². The zero-order valence-electron chi connectivity index (χ0n) is 17.6. The number of hydrogen-bond acceptors (Lipinski definition) is 3. The average Bonchev–Trinajstić information content (AvgIpc) is 3.05. The molecule has 1 N–H and O–H groups in total. The van der Waals surface area contributed by atoms with Crippen LogP contribution in [0.2, 0.25) is 0 Å². The molecule has 154 valence electrons. The van der Waals surface area contributed by atoms with Gasteiger partial charge in [-0.15, -0.1) is 0 Å². The molecule has 4 aromatic rings. The van der Waals surface area contributed by atoms with Crippen molar-refractivity contribution in [3.05, 3.63) is 83.9 Å². The second-order valence-electron chi connectivity index (χ2n) is 8.55. The highest BCUT2D eigenvalue weighted by Crippen LogP contribution is 2.40. The first-order valence-corrected chi connectivity index (χ1v) is 11.4. The molecule has 0 atom stereocenters. The maximum absolute atomic E-state index is 13.2. The SMILES string of the molecule is Cc1ccc(S(=O)(=O)Nc2c(-c3ccccc3)oc3ccc(C(C)(C)C)cc23)cc1. The number of rotatable bonds is 4. The van der Waals surface area contributed by atoms with Gasteiger partial charge in [0.25, 0.3) is 10.0 Å². The van der Waals surface area contributed by atoms with Gasteiger partial charge in [0, 0.05) is 10.9 Å². The Morgan fingerprint density at radius 1 is 0.867 bits per heavy atom. The molecule has 30 heavy (non-hydrogen) atoms. The van der Waals surface area contributed by atoms with E-state index >= 15 is 0 Å². The van der Waals surface area contributed by atoms with E-state index in [4.69, 9.17) is 4.42 Å². The highest BCUT2D eigenvalue weighted by molar-refractivity contribution is 7.92. The molecule has 0 aliphatic heterocycles. The minimum Gasteiger partial charge on any atom is -0.454 e. The van der Waals surface area contributed by atoms with Crippen LogP contribution in [-0.4, -0.2) is 8.42 Å². The maximum atomic E-state index is 13.2. The molecule has 5 heteroatoms. The molecule has 4 rings (SSSR count). The van der Waals surface area contributed by atoms with Gasteiger partial charge in [-0.2, -0.15) is 0 Å². The van der Waals surface area contributed by atoms with Gasteiger partial charge in [0.2, 0.25) is 0 Å². The van der Waals surface area contributed by atoms with Gasteiger partial charge in [0.05, 0.1) is 4.90 Å². The van der Waals surface area contributed by atoms with E-state index in [-0.39, 0.29) is 10.3 Å². The lowest BCUT2D eigenvalue weighted by atomic mass is 9.86. The van der Waals surface area contributed by atoms with Crippen LogP contribution in [-0.2, 0) is 15.4 Å². The molecule has 0 spiro atoms. The Hall–Kier alpha value is -3.05. The van der Waals surface area contributed by atoms with Crippen LogP contribution in [0.15, 0.2) is 82.1 Å². The summed E-state index contributed by atoms with van der Waals surface area (Å²) in [5.41, 5.74) is 3.94. The molecular formula is C25H25NO3S. The summed E-state index contributed by atoms with van der Waals surface area (Å²) < 4.78 is 35.3. The van der Waals surface area contributed by atoms with Crippen molar-refractivity contribution in [1.29, 1.82) is 0 Å². The normalized spacial score (nSPS) is 12.3. The number of hydrogen-bond donors (Lipinski definition) is 1. The van der Waals surface area contributed by atoms with Crippen molar-refractivity contribution in [3.8, 4) is 11.3 Å². The molecule has 0 aliphatic carbocycles. The van der Waals surface area contributed by atoms with E-state index in [9.17, 15) is 8.42 Å². The van der Waals surface area contributed by atoms with Crippen molar-refractivity contribution in [2.75, 3.05) is 4.72 Å². The van der Waals surface area contributed by atoms with E-state index in [1.165, 1.54) is 0 Å². The van der Waals surface area contributed by atoms with Crippen molar-refractivity contribution in [2.24, 2.45) is 0 Å². The van der Waals surface area contributed by atoms with Gasteiger partial charge >= 0.3 is 0 Å².